The molecule has 1 heterocycles. The lowest BCUT2D eigenvalue weighted by Gasteiger charge is -2.33. The zero-order valence-electron chi connectivity index (χ0n) is 15.7. The van der Waals surface area contributed by atoms with Crippen LogP contribution in [0.5, 0.6) is 0 Å². The average molecular weight is 409 g/mol. The highest BCUT2D eigenvalue weighted by molar-refractivity contribution is 5.93. The van der Waals surface area contributed by atoms with Gasteiger partial charge in [0.05, 0.1) is 0 Å². The quantitative estimate of drug-likeness (QED) is 0.572. The minimum Gasteiger partial charge on any atom is -0.419 e. The zero-order valence-corrected chi connectivity index (χ0v) is 15.7. The third-order valence-electron chi connectivity index (χ3n) is 5.04. The van der Waals surface area contributed by atoms with Crippen molar-refractivity contribution in [1.82, 2.24) is 0 Å². The van der Waals surface area contributed by atoms with E-state index in [1.54, 1.807) is 6.92 Å². The molecule has 4 rings (SSSR count). The van der Waals surface area contributed by atoms with Crippen LogP contribution in [0.3, 0.4) is 0 Å². The number of alkyl halides is 3. The second-order valence-corrected chi connectivity index (χ2v) is 7.91. The summed E-state index contributed by atoms with van der Waals surface area (Å²) in [6, 6.07) is 4.73. The number of halogens is 5. The molecule has 1 aliphatic carbocycles. The molecule has 0 saturated carbocycles. The molecule has 1 aliphatic heterocycles. The van der Waals surface area contributed by atoms with Crippen LogP contribution in [0.2, 0.25) is 0 Å². The first kappa shape index (κ1) is 19.4. The Balaban J connectivity index is 2.07. The van der Waals surface area contributed by atoms with Crippen molar-refractivity contribution < 1.29 is 31.5 Å². The van der Waals surface area contributed by atoms with Crippen LogP contribution in [0.1, 0.15) is 32.8 Å². The largest absolute Gasteiger partial charge is 0.491 e. The Kier molecular flexibility index (Phi) is 4.05. The van der Waals surface area contributed by atoms with E-state index < -0.39 is 35.1 Å². The Labute approximate surface area is 162 Å². The summed E-state index contributed by atoms with van der Waals surface area (Å²) in [5.74, 6) is -4.36. The summed E-state index contributed by atoms with van der Waals surface area (Å²) in [5.41, 5.74) is 0.805. The fourth-order valence-corrected chi connectivity index (χ4v) is 4.10. The van der Waals surface area contributed by atoms with Crippen molar-refractivity contribution in [2.24, 2.45) is 0 Å². The summed E-state index contributed by atoms with van der Waals surface area (Å²) < 4.78 is 72.3. The van der Waals surface area contributed by atoms with E-state index in [4.69, 9.17) is 0 Å². The van der Waals surface area contributed by atoms with Crippen molar-refractivity contribution in [3.63, 3.8) is 0 Å². The van der Waals surface area contributed by atoms with Gasteiger partial charge in [-0.3, -0.25) is 0 Å². The molecule has 0 unspecified atom stereocenters. The summed E-state index contributed by atoms with van der Waals surface area (Å²) in [5, 5.41) is 3.46. The van der Waals surface area contributed by atoms with Gasteiger partial charge < -0.3 is 10.1 Å². The van der Waals surface area contributed by atoms with Gasteiger partial charge in [-0.1, -0.05) is 11.6 Å². The number of hydrogen-bond acceptors (Lipinski definition) is 3. The lowest BCUT2D eigenvalue weighted by atomic mass is 9.88. The Bertz CT molecular complexity index is 1200. The lowest BCUT2D eigenvalue weighted by molar-refractivity contribution is -0.192. The number of ether oxygens (including phenoxy) is 1. The topological polar surface area (TPSA) is 38.3 Å². The van der Waals surface area contributed by atoms with E-state index in [-0.39, 0.29) is 21.9 Å². The first-order valence-electron chi connectivity index (χ1n) is 8.83. The molecule has 0 aromatic heterocycles. The maximum absolute atomic E-state index is 15.6. The van der Waals surface area contributed by atoms with E-state index in [0.29, 0.717) is 17.3 Å². The fraction of sp³-hybridized carbons (Fsp3) is 0.286. The molecule has 0 spiro atoms. The average Bonchev–Trinajstić information content (AvgIpc) is 2.86. The van der Waals surface area contributed by atoms with Crippen molar-refractivity contribution in [1.29, 1.82) is 0 Å². The van der Waals surface area contributed by atoms with Gasteiger partial charge in [0.1, 0.15) is 17.4 Å². The first-order valence-corrected chi connectivity index (χ1v) is 8.83. The summed E-state index contributed by atoms with van der Waals surface area (Å²) in [7, 11) is 0. The Morgan fingerprint density at radius 3 is 2.48 bits per heavy atom. The van der Waals surface area contributed by atoms with Crippen LogP contribution >= 0.6 is 0 Å². The standard InChI is InChI=1S/C21H16F5NO2/c1-9-8-20(2,3)27-14-7-13-16(17(23)15(9)14)11-5-4-10(22)6-12(11)18(13)29-19(28)21(24,25)26/h4-7,27H,8H2,1-3H3. The molecule has 2 aromatic rings. The molecule has 2 aromatic carbocycles. The van der Waals surface area contributed by atoms with Gasteiger partial charge in [0, 0.05) is 32.8 Å². The molecule has 152 valence electrons. The Hall–Kier alpha value is -2.90. The monoisotopic (exact) mass is 409 g/mol. The van der Waals surface area contributed by atoms with Gasteiger partial charge in [0.15, 0.2) is 0 Å². The molecule has 0 amide bonds. The van der Waals surface area contributed by atoms with E-state index in [2.05, 4.69) is 10.1 Å². The smallest absolute Gasteiger partial charge is 0.419 e. The third kappa shape index (κ3) is 3.07. The molecular weight excluding hydrogens is 393 g/mol. The highest BCUT2D eigenvalue weighted by Gasteiger charge is 2.43. The number of fused-ring (bicyclic) bond motifs is 4. The molecule has 0 bridgehead atoms. The maximum Gasteiger partial charge on any atom is 0.491 e. The zero-order chi connectivity index (χ0) is 21.3. The second-order valence-electron chi connectivity index (χ2n) is 7.91. The molecule has 1 N–H and O–H groups in total. The molecule has 2 aliphatic rings. The first-order chi connectivity index (χ1) is 13.4. The second kappa shape index (κ2) is 6.05. The molecule has 0 saturated heterocycles. The number of anilines is 1. The van der Waals surface area contributed by atoms with Crippen LogP contribution in [-0.2, 0) is 9.53 Å². The van der Waals surface area contributed by atoms with Gasteiger partial charge in [-0.05, 0) is 51.0 Å². The van der Waals surface area contributed by atoms with Crippen molar-refractivity contribution >= 4 is 23.0 Å². The van der Waals surface area contributed by atoms with E-state index in [1.807, 2.05) is 13.8 Å². The van der Waals surface area contributed by atoms with Crippen LogP contribution in [0.4, 0.5) is 27.6 Å². The van der Waals surface area contributed by atoms with Crippen LogP contribution in [0.25, 0.3) is 22.5 Å². The van der Waals surface area contributed by atoms with Gasteiger partial charge in [0.25, 0.3) is 0 Å². The summed E-state index contributed by atoms with van der Waals surface area (Å²) >= 11 is 0. The molecule has 0 radical (unpaired) electrons. The minimum absolute atomic E-state index is 0.00965. The summed E-state index contributed by atoms with van der Waals surface area (Å²) in [6.45, 7) is 5.59. The molecule has 29 heavy (non-hydrogen) atoms. The molecule has 0 atom stereocenters. The summed E-state index contributed by atoms with van der Waals surface area (Å²) in [4.78, 5) is 11.5. The van der Waals surface area contributed by atoms with E-state index in [0.717, 1.165) is 17.7 Å². The maximum atomic E-state index is 15.6. The lowest BCUT2D eigenvalue weighted by Crippen LogP contribution is -2.40. The van der Waals surface area contributed by atoms with Crippen LogP contribution < -0.4 is 15.8 Å². The molecular formula is C21H16F5NO2. The predicted octanol–water partition coefficient (Wildman–Crippen LogP) is 3.97. The van der Waals surface area contributed by atoms with Gasteiger partial charge in [-0.25, -0.2) is 13.6 Å². The van der Waals surface area contributed by atoms with Gasteiger partial charge in [0.2, 0.25) is 0 Å². The van der Waals surface area contributed by atoms with Crippen LogP contribution in [0, 0.1) is 11.6 Å². The van der Waals surface area contributed by atoms with Crippen molar-refractivity contribution in [2.75, 3.05) is 5.32 Å². The van der Waals surface area contributed by atoms with E-state index in [9.17, 15) is 22.4 Å². The molecule has 8 heteroatoms. The number of rotatable bonds is 1. The number of carbonyl (C=O) groups excluding carboxylic acids is 1. The van der Waals surface area contributed by atoms with Crippen LogP contribution in [-0.4, -0.2) is 17.7 Å². The Morgan fingerprint density at radius 2 is 1.83 bits per heavy atom. The van der Waals surface area contributed by atoms with Crippen LogP contribution in [0.15, 0.2) is 24.3 Å². The SMILES string of the molecule is CC1=c2c(cc3c(c2F)-c2ccc(F)cc2C=3OC(=O)C(F)(F)F)NC(C)(C)C1. The van der Waals surface area contributed by atoms with Gasteiger partial charge in [-0.15, -0.1) is 0 Å². The third-order valence-corrected chi connectivity index (χ3v) is 5.04. The number of benzene rings is 2. The van der Waals surface area contributed by atoms with Crippen molar-refractivity contribution in [2.45, 2.75) is 38.9 Å². The fourth-order valence-electron chi connectivity index (χ4n) is 4.10. The minimum atomic E-state index is -5.25. The normalized spacial score (nSPS) is 16.7. The van der Waals surface area contributed by atoms with Crippen molar-refractivity contribution in [3.8, 4) is 11.1 Å². The predicted molar refractivity (Wildman–Crippen MR) is 97.1 cm³/mol. The number of hydrogen-bond donors (Lipinski definition) is 1. The van der Waals surface area contributed by atoms with Gasteiger partial charge in [-0.2, -0.15) is 13.2 Å². The molecule has 3 nitrogen and oxygen atoms in total. The number of nitrogens with one attached hydrogen (secondary N) is 1. The highest BCUT2D eigenvalue weighted by Crippen LogP contribution is 2.37. The van der Waals surface area contributed by atoms with Crippen molar-refractivity contribution in [3.05, 3.63) is 51.9 Å². The Morgan fingerprint density at radius 1 is 1.14 bits per heavy atom. The summed E-state index contributed by atoms with van der Waals surface area (Å²) in [6.07, 6.45) is -4.69. The highest BCUT2D eigenvalue weighted by atomic mass is 19.4. The van der Waals surface area contributed by atoms with E-state index in [1.165, 1.54) is 12.1 Å². The molecule has 0 fully saturated rings. The van der Waals surface area contributed by atoms with Gasteiger partial charge >= 0.3 is 12.1 Å². The number of esters is 1. The number of carbonyl (C=O) groups is 1. The van der Waals surface area contributed by atoms with E-state index >= 15 is 4.39 Å².